The molecule has 1 aromatic carbocycles. The van der Waals surface area contributed by atoms with E-state index in [0.29, 0.717) is 5.52 Å². The number of nitrogens with zero attached hydrogens (tertiary/aromatic N) is 3. The van der Waals surface area contributed by atoms with Gasteiger partial charge in [-0.25, -0.2) is 9.37 Å². The quantitative estimate of drug-likeness (QED) is 0.783. The summed E-state index contributed by atoms with van der Waals surface area (Å²) in [7, 11) is 0. The van der Waals surface area contributed by atoms with Crippen LogP contribution in [0, 0.1) is 5.82 Å². The van der Waals surface area contributed by atoms with E-state index in [9.17, 15) is 4.39 Å². The summed E-state index contributed by atoms with van der Waals surface area (Å²) in [5.74, 6) is 0.328. The standard InChI is InChI=1S/C15H18Cl2FN3/c1-10(16)15-19-13-9-12(18)11(17)8-14(13)21(15)7-6-20-4-2-3-5-20/h8-10H,2-7H2,1H3. The van der Waals surface area contributed by atoms with E-state index in [2.05, 4.69) is 14.5 Å². The summed E-state index contributed by atoms with van der Waals surface area (Å²) in [6.07, 6.45) is 2.53. The third-order valence-corrected chi connectivity index (χ3v) is 4.50. The Bertz CT molecular complexity index is 648. The minimum Gasteiger partial charge on any atom is -0.325 e. The van der Waals surface area contributed by atoms with E-state index in [-0.39, 0.29) is 10.4 Å². The fraction of sp³-hybridized carbons (Fsp3) is 0.533. The van der Waals surface area contributed by atoms with Gasteiger partial charge >= 0.3 is 0 Å². The Balaban J connectivity index is 1.96. The lowest BCUT2D eigenvalue weighted by Crippen LogP contribution is -2.24. The molecule has 0 aliphatic carbocycles. The molecule has 2 heterocycles. The van der Waals surface area contributed by atoms with Crippen LogP contribution in [0.25, 0.3) is 11.0 Å². The summed E-state index contributed by atoms with van der Waals surface area (Å²) in [4.78, 5) is 6.90. The number of imidazole rings is 1. The van der Waals surface area contributed by atoms with Crippen LogP contribution in [0.1, 0.15) is 31.0 Å². The van der Waals surface area contributed by atoms with Crippen LogP contribution in [0.15, 0.2) is 12.1 Å². The van der Waals surface area contributed by atoms with Gasteiger partial charge in [-0.05, 0) is 38.9 Å². The van der Waals surface area contributed by atoms with Crippen molar-refractivity contribution in [1.82, 2.24) is 14.5 Å². The average molecular weight is 330 g/mol. The molecule has 114 valence electrons. The molecule has 21 heavy (non-hydrogen) atoms. The molecule has 1 atom stereocenters. The van der Waals surface area contributed by atoms with Gasteiger partial charge in [-0.3, -0.25) is 0 Å². The van der Waals surface area contributed by atoms with Gasteiger partial charge < -0.3 is 9.47 Å². The monoisotopic (exact) mass is 329 g/mol. The van der Waals surface area contributed by atoms with Gasteiger partial charge in [0.25, 0.3) is 0 Å². The van der Waals surface area contributed by atoms with Crippen molar-refractivity contribution in [3.8, 4) is 0 Å². The molecule has 0 spiro atoms. The molecule has 0 bridgehead atoms. The normalized spacial score (nSPS) is 17.7. The lowest BCUT2D eigenvalue weighted by molar-refractivity contribution is 0.322. The molecule has 3 nitrogen and oxygen atoms in total. The summed E-state index contributed by atoms with van der Waals surface area (Å²) >= 11 is 12.1. The van der Waals surface area contributed by atoms with E-state index in [1.807, 2.05) is 6.92 Å². The zero-order valence-corrected chi connectivity index (χ0v) is 13.5. The Morgan fingerprint density at radius 3 is 2.67 bits per heavy atom. The zero-order chi connectivity index (χ0) is 15.0. The topological polar surface area (TPSA) is 21.1 Å². The molecule has 0 radical (unpaired) electrons. The number of benzene rings is 1. The number of rotatable bonds is 4. The van der Waals surface area contributed by atoms with Gasteiger partial charge in [-0.15, -0.1) is 11.6 Å². The molecule has 1 saturated heterocycles. The minimum atomic E-state index is -0.442. The molecular formula is C15H18Cl2FN3. The SMILES string of the molecule is CC(Cl)c1nc2cc(F)c(Cl)cc2n1CCN1CCCC1. The van der Waals surface area contributed by atoms with Crippen LogP contribution in [-0.2, 0) is 6.54 Å². The summed E-state index contributed by atoms with van der Waals surface area (Å²) in [5, 5.41) is -0.101. The highest BCUT2D eigenvalue weighted by atomic mass is 35.5. The second kappa shape index (κ2) is 6.11. The van der Waals surface area contributed by atoms with E-state index < -0.39 is 5.82 Å². The van der Waals surface area contributed by atoms with Gasteiger partial charge in [0.05, 0.1) is 21.4 Å². The van der Waals surface area contributed by atoms with Crippen molar-refractivity contribution in [2.75, 3.05) is 19.6 Å². The second-order valence-electron chi connectivity index (χ2n) is 5.54. The Hall–Kier alpha value is -0.840. The molecule has 3 rings (SSSR count). The Labute approximate surface area is 133 Å². The van der Waals surface area contributed by atoms with E-state index in [1.165, 1.54) is 18.9 Å². The van der Waals surface area contributed by atoms with Gasteiger partial charge in [0.15, 0.2) is 0 Å². The molecule has 1 aliphatic rings. The Morgan fingerprint density at radius 1 is 1.29 bits per heavy atom. The maximum atomic E-state index is 13.6. The highest BCUT2D eigenvalue weighted by Gasteiger charge is 2.18. The summed E-state index contributed by atoms with van der Waals surface area (Å²) in [5.41, 5.74) is 1.46. The lowest BCUT2D eigenvalue weighted by atomic mass is 10.3. The number of fused-ring (bicyclic) bond motifs is 1. The number of hydrogen-bond donors (Lipinski definition) is 0. The molecule has 1 aliphatic heterocycles. The van der Waals surface area contributed by atoms with E-state index in [1.54, 1.807) is 6.07 Å². The molecular weight excluding hydrogens is 312 g/mol. The molecule has 2 aromatic rings. The number of alkyl halides is 1. The van der Waals surface area contributed by atoms with E-state index >= 15 is 0 Å². The van der Waals surface area contributed by atoms with Gasteiger partial charge in [-0.1, -0.05) is 11.6 Å². The van der Waals surface area contributed by atoms with Crippen molar-refractivity contribution in [2.24, 2.45) is 0 Å². The zero-order valence-electron chi connectivity index (χ0n) is 12.0. The highest BCUT2D eigenvalue weighted by Crippen LogP contribution is 2.28. The van der Waals surface area contributed by atoms with Crippen LogP contribution in [-0.4, -0.2) is 34.1 Å². The fourth-order valence-corrected chi connectivity index (χ4v) is 3.25. The van der Waals surface area contributed by atoms with E-state index in [0.717, 1.165) is 37.5 Å². The van der Waals surface area contributed by atoms with Crippen molar-refractivity contribution in [3.05, 3.63) is 28.8 Å². The first kappa shape index (κ1) is 15.1. The predicted octanol–water partition coefficient (Wildman–Crippen LogP) is 4.22. The van der Waals surface area contributed by atoms with Crippen molar-refractivity contribution in [3.63, 3.8) is 0 Å². The maximum Gasteiger partial charge on any atom is 0.144 e. The van der Waals surface area contributed by atoms with Crippen LogP contribution >= 0.6 is 23.2 Å². The first-order valence-corrected chi connectivity index (χ1v) is 8.09. The van der Waals surface area contributed by atoms with Crippen LogP contribution < -0.4 is 0 Å². The highest BCUT2D eigenvalue weighted by molar-refractivity contribution is 6.31. The largest absolute Gasteiger partial charge is 0.325 e. The van der Waals surface area contributed by atoms with Crippen LogP contribution in [0.5, 0.6) is 0 Å². The lowest BCUT2D eigenvalue weighted by Gasteiger charge is -2.17. The fourth-order valence-electron chi connectivity index (χ4n) is 2.93. The molecule has 6 heteroatoms. The Kier molecular flexibility index (Phi) is 4.38. The second-order valence-corrected chi connectivity index (χ2v) is 6.60. The third-order valence-electron chi connectivity index (χ3n) is 4.01. The van der Waals surface area contributed by atoms with Crippen molar-refractivity contribution >= 4 is 34.2 Å². The average Bonchev–Trinajstić information content (AvgIpc) is 3.05. The smallest absolute Gasteiger partial charge is 0.144 e. The predicted molar refractivity (Wildman–Crippen MR) is 84.6 cm³/mol. The molecule has 1 aromatic heterocycles. The van der Waals surface area contributed by atoms with Crippen molar-refractivity contribution < 1.29 is 4.39 Å². The molecule has 0 amide bonds. The first-order valence-electron chi connectivity index (χ1n) is 7.28. The van der Waals surface area contributed by atoms with Crippen LogP contribution in [0.4, 0.5) is 4.39 Å². The van der Waals surface area contributed by atoms with Gasteiger partial charge in [0.2, 0.25) is 0 Å². The van der Waals surface area contributed by atoms with Crippen LogP contribution in [0.2, 0.25) is 5.02 Å². The van der Waals surface area contributed by atoms with E-state index in [4.69, 9.17) is 23.2 Å². The summed E-state index contributed by atoms with van der Waals surface area (Å²) in [6, 6.07) is 3.03. The van der Waals surface area contributed by atoms with Gasteiger partial charge in [0, 0.05) is 19.2 Å². The maximum absolute atomic E-state index is 13.6. The first-order chi connectivity index (χ1) is 10.1. The third kappa shape index (κ3) is 3.03. The molecule has 1 unspecified atom stereocenters. The number of hydrogen-bond acceptors (Lipinski definition) is 2. The summed E-state index contributed by atoms with van der Waals surface area (Å²) < 4.78 is 15.7. The summed E-state index contributed by atoms with van der Waals surface area (Å²) in [6.45, 7) is 5.93. The number of likely N-dealkylation sites (tertiary alicyclic amines) is 1. The molecule has 0 saturated carbocycles. The number of aromatic nitrogens is 2. The van der Waals surface area contributed by atoms with Gasteiger partial charge in [-0.2, -0.15) is 0 Å². The number of halogens is 3. The Morgan fingerprint density at radius 2 is 2.00 bits per heavy atom. The van der Waals surface area contributed by atoms with Crippen molar-refractivity contribution in [1.29, 1.82) is 0 Å². The van der Waals surface area contributed by atoms with Gasteiger partial charge in [0.1, 0.15) is 11.6 Å². The molecule has 1 fully saturated rings. The minimum absolute atomic E-state index is 0.124. The molecule has 0 N–H and O–H groups in total. The van der Waals surface area contributed by atoms with Crippen LogP contribution in [0.3, 0.4) is 0 Å². The van der Waals surface area contributed by atoms with Crippen molar-refractivity contribution in [2.45, 2.75) is 31.7 Å².